The average molecular weight is 177 g/mol. The van der Waals surface area contributed by atoms with Gasteiger partial charge in [0.2, 0.25) is 5.82 Å². The molecule has 0 aliphatic heterocycles. The molecule has 0 atom stereocenters. The van der Waals surface area contributed by atoms with Gasteiger partial charge in [-0.25, -0.2) is 9.97 Å². The van der Waals surface area contributed by atoms with Crippen molar-refractivity contribution in [1.82, 2.24) is 20.1 Å². The van der Waals surface area contributed by atoms with E-state index in [0.717, 1.165) is 0 Å². The molecule has 0 aromatic carbocycles. The van der Waals surface area contributed by atoms with Crippen molar-refractivity contribution in [2.45, 2.75) is 6.92 Å². The Morgan fingerprint density at radius 2 is 2.23 bits per heavy atom. The molecule has 0 saturated heterocycles. The Labute approximate surface area is 73.8 Å². The molecule has 0 amide bonds. The molecule has 0 radical (unpaired) electrons. The fraction of sp³-hybridized carbons (Fsp3) is 0.143. The van der Waals surface area contributed by atoms with E-state index in [9.17, 15) is 0 Å². The zero-order chi connectivity index (χ0) is 9.26. The lowest BCUT2D eigenvalue weighted by molar-refractivity contribution is 0.436. The third-order valence-corrected chi connectivity index (χ3v) is 1.45. The molecule has 2 N–H and O–H groups in total. The zero-order valence-corrected chi connectivity index (χ0v) is 6.93. The first-order valence-corrected chi connectivity index (χ1v) is 3.65. The van der Waals surface area contributed by atoms with Gasteiger partial charge in [0, 0.05) is 6.20 Å². The lowest BCUT2D eigenvalue weighted by Gasteiger charge is -1.92. The van der Waals surface area contributed by atoms with Crippen LogP contribution in [0.2, 0.25) is 0 Å². The Morgan fingerprint density at radius 1 is 1.38 bits per heavy atom. The van der Waals surface area contributed by atoms with Gasteiger partial charge in [-0.05, 0) is 13.0 Å². The van der Waals surface area contributed by atoms with Gasteiger partial charge in [0.25, 0.3) is 0 Å². The summed E-state index contributed by atoms with van der Waals surface area (Å²) in [5.41, 5.74) is 5.87. The van der Waals surface area contributed by atoms with E-state index in [4.69, 9.17) is 5.73 Å². The van der Waals surface area contributed by atoms with Gasteiger partial charge in [0.1, 0.15) is 11.5 Å². The quantitative estimate of drug-likeness (QED) is 0.678. The highest BCUT2D eigenvalue weighted by molar-refractivity contribution is 5.48. The standard InChI is InChI=1S/C7H7N5O/c1-4-9-3-2-5(10-4)6-11-7(8)13-12-6/h2-3H,1H3,(H2,8,11,12). The number of rotatable bonds is 1. The third kappa shape index (κ3) is 1.46. The summed E-state index contributed by atoms with van der Waals surface area (Å²) >= 11 is 0. The first kappa shape index (κ1) is 7.66. The molecule has 6 nitrogen and oxygen atoms in total. The summed E-state index contributed by atoms with van der Waals surface area (Å²) in [5.74, 6) is 1.03. The van der Waals surface area contributed by atoms with Gasteiger partial charge in [-0.1, -0.05) is 5.16 Å². The lowest BCUT2D eigenvalue weighted by Crippen LogP contribution is -1.91. The molecule has 2 aromatic heterocycles. The second-order valence-electron chi connectivity index (χ2n) is 2.45. The molecule has 2 rings (SSSR count). The lowest BCUT2D eigenvalue weighted by atomic mass is 10.4. The largest absolute Gasteiger partial charge is 0.351 e. The van der Waals surface area contributed by atoms with Crippen LogP contribution in [0.25, 0.3) is 11.5 Å². The third-order valence-electron chi connectivity index (χ3n) is 1.45. The molecular weight excluding hydrogens is 170 g/mol. The van der Waals surface area contributed by atoms with Gasteiger partial charge < -0.3 is 10.3 Å². The molecule has 0 aliphatic rings. The summed E-state index contributed by atoms with van der Waals surface area (Å²) < 4.78 is 4.62. The highest BCUT2D eigenvalue weighted by Crippen LogP contribution is 2.12. The number of anilines is 1. The maximum absolute atomic E-state index is 5.27. The van der Waals surface area contributed by atoms with Crippen molar-refractivity contribution in [3.63, 3.8) is 0 Å². The Morgan fingerprint density at radius 3 is 2.85 bits per heavy atom. The van der Waals surface area contributed by atoms with Crippen LogP contribution in [0.4, 0.5) is 6.01 Å². The number of nitrogens with zero attached hydrogens (tertiary/aromatic N) is 4. The number of hydrogen-bond donors (Lipinski definition) is 1. The van der Waals surface area contributed by atoms with E-state index < -0.39 is 0 Å². The van der Waals surface area contributed by atoms with E-state index in [-0.39, 0.29) is 6.01 Å². The summed E-state index contributed by atoms with van der Waals surface area (Å²) in [5, 5.41) is 3.63. The van der Waals surface area contributed by atoms with Crippen molar-refractivity contribution in [3.05, 3.63) is 18.1 Å². The molecule has 0 saturated carbocycles. The van der Waals surface area contributed by atoms with E-state index in [1.807, 2.05) is 0 Å². The molecule has 0 aliphatic carbocycles. The zero-order valence-electron chi connectivity index (χ0n) is 6.93. The summed E-state index contributed by atoms with van der Waals surface area (Å²) in [6, 6.07) is 1.73. The van der Waals surface area contributed by atoms with E-state index in [0.29, 0.717) is 17.3 Å². The van der Waals surface area contributed by atoms with Crippen LogP contribution in [0.15, 0.2) is 16.8 Å². The van der Waals surface area contributed by atoms with Crippen molar-refractivity contribution in [2.75, 3.05) is 5.73 Å². The second kappa shape index (κ2) is 2.81. The van der Waals surface area contributed by atoms with Crippen LogP contribution in [0.1, 0.15) is 5.82 Å². The molecule has 2 aromatic rings. The van der Waals surface area contributed by atoms with E-state index in [1.165, 1.54) is 0 Å². The molecule has 0 unspecified atom stereocenters. The van der Waals surface area contributed by atoms with Gasteiger partial charge in [0.15, 0.2) is 0 Å². The van der Waals surface area contributed by atoms with Gasteiger partial charge in [0.05, 0.1) is 0 Å². The summed E-state index contributed by atoms with van der Waals surface area (Å²) in [6.07, 6.45) is 1.63. The molecule has 2 heterocycles. The first-order chi connectivity index (χ1) is 6.25. The summed E-state index contributed by atoms with van der Waals surface area (Å²) in [7, 11) is 0. The van der Waals surface area contributed by atoms with Crippen molar-refractivity contribution < 1.29 is 4.52 Å². The Bertz CT molecular complexity index is 424. The van der Waals surface area contributed by atoms with Crippen LogP contribution in [-0.2, 0) is 0 Å². The van der Waals surface area contributed by atoms with Gasteiger partial charge in [-0.15, -0.1) is 0 Å². The van der Waals surface area contributed by atoms with E-state index in [1.54, 1.807) is 19.2 Å². The van der Waals surface area contributed by atoms with Crippen LogP contribution in [0.5, 0.6) is 0 Å². The predicted molar refractivity (Wildman–Crippen MR) is 44.5 cm³/mol. The highest BCUT2D eigenvalue weighted by Gasteiger charge is 2.06. The van der Waals surface area contributed by atoms with Crippen LogP contribution < -0.4 is 5.73 Å². The number of aryl methyl sites for hydroxylation is 1. The summed E-state index contributed by atoms with van der Waals surface area (Å²) in [6.45, 7) is 1.78. The molecular formula is C7H7N5O. The first-order valence-electron chi connectivity index (χ1n) is 3.65. The minimum absolute atomic E-state index is 0.0336. The topological polar surface area (TPSA) is 90.7 Å². The number of aromatic nitrogens is 4. The second-order valence-corrected chi connectivity index (χ2v) is 2.45. The van der Waals surface area contributed by atoms with Gasteiger partial charge in [-0.3, -0.25) is 0 Å². The highest BCUT2D eigenvalue weighted by atomic mass is 16.5. The van der Waals surface area contributed by atoms with Gasteiger partial charge >= 0.3 is 6.01 Å². The van der Waals surface area contributed by atoms with Crippen LogP contribution in [-0.4, -0.2) is 20.1 Å². The Kier molecular flexibility index (Phi) is 1.66. The minimum Gasteiger partial charge on any atom is -0.351 e. The Balaban J connectivity index is 2.46. The monoisotopic (exact) mass is 177 g/mol. The molecule has 0 spiro atoms. The van der Waals surface area contributed by atoms with Gasteiger partial charge in [-0.2, -0.15) is 4.98 Å². The van der Waals surface area contributed by atoms with Crippen LogP contribution in [0, 0.1) is 6.92 Å². The van der Waals surface area contributed by atoms with Crippen LogP contribution in [0.3, 0.4) is 0 Å². The SMILES string of the molecule is Cc1nccc(-c2noc(N)n2)n1. The van der Waals surface area contributed by atoms with Crippen molar-refractivity contribution in [1.29, 1.82) is 0 Å². The minimum atomic E-state index is 0.0336. The molecule has 0 bridgehead atoms. The average Bonchev–Trinajstić information content (AvgIpc) is 2.52. The van der Waals surface area contributed by atoms with Crippen molar-refractivity contribution in [3.8, 4) is 11.5 Å². The van der Waals surface area contributed by atoms with Crippen molar-refractivity contribution in [2.24, 2.45) is 0 Å². The normalized spacial score (nSPS) is 10.2. The molecule has 0 fully saturated rings. The number of nitrogens with two attached hydrogens (primary N) is 1. The molecule has 6 heteroatoms. The van der Waals surface area contributed by atoms with E-state index >= 15 is 0 Å². The molecule has 66 valence electrons. The van der Waals surface area contributed by atoms with Crippen LogP contribution >= 0.6 is 0 Å². The summed E-state index contributed by atoms with van der Waals surface area (Å²) in [4.78, 5) is 11.9. The maximum atomic E-state index is 5.27. The predicted octanol–water partition coefficient (Wildman–Crippen LogP) is 0.417. The molecule has 13 heavy (non-hydrogen) atoms. The van der Waals surface area contributed by atoms with E-state index in [2.05, 4.69) is 24.6 Å². The fourth-order valence-corrected chi connectivity index (χ4v) is 0.920. The van der Waals surface area contributed by atoms with Crippen molar-refractivity contribution >= 4 is 6.01 Å². The number of hydrogen-bond acceptors (Lipinski definition) is 6. The fourth-order valence-electron chi connectivity index (χ4n) is 0.920. The smallest absolute Gasteiger partial charge is 0.319 e. The number of nitrogen functional groups attached to an aromatic ring is 1. The maximum Gasteiger partial charge on any atom is 0.319 e. The Hall–Kier alpha value is -1.98.